The van der Waals surface area contributed by atoms with Crippen molar-refractivity contribution in [2.45, 2.75) is 20.4 Å². The second-order valence-corrected chi connectivity index (χ2v) is 5.12. The molecular weight excluding hydrogens is 248 g/mol. The van der Waals surface area contributed by atoms with Gasteiger partial charge >= 0.3 is 0 Å². The van der Waals surface area contributed by atoms with Crippen LogP contribution in [-0.2, 0) is 6.54 Å². The van der Waals surface area contributed by atoms with Crippen LogP contribution in [0, 0.1) is 13.8 Å². The van der Waals surface area contributed by atoms with E-state index in [2.05, 4.69) is 36.6 Å². The maximum absolute atomic E-state index is 9.33. The number of hydrogen-bond acceptors (Lipinski definition) is 2. The van der Waals surface area contributed by atoms with Gasteiger partial charge in [0.25, 0.3) is 0 Å². The molecule has 3 rings (SSSR count). The van der Waals surface area contributed by atoms with Crippen molar-refractivity contribution in [1.29, 1.82) is 0 Å². The van der Waals surface area contributed by atoms with E-state index >= 15 is 0 Å². The minimum atomic E-state index is 0.109. The third kappa shape index (κ3) is 2.10. The molecule has 0 amide bonds. The van der Waals surface area contributed by atoms with Gasteiger partial charge in [-0.1, -0.05) is 35.9 Å². The lowest BCUT2D eigenvalue weighted by Gasteiger charge is -2.10. The fourth-order valence-corrected chi connectivity index (χ4v) is 2.67. The summed E-state index contributed by atoms with van der Waals surface area (Å²) in [7, 11) is 0. The van der Waals surface area contributed by atoms with Crippen molar-refractivity contribution in [1.82, 2.24) is 9.55 Å². The Kier molecular flexibility index (Phi) is 3.28. The van der Waals surface area contributed by atoms with E-state index in [0.29, 0.717) is 6.54 Å². The molecule has 0 unspecified atom stereocenters. The Hall–Kier alpha value is -2.13. The van der Waals surface area contributed by atoms with Gasteiger partial charge in [-0.05, 0) is 31.5 Å². The van der Waals surface area contributed by atoms with Crippen molar-refractivity contribution < 1.29 is 5.11 Å². The lowest BCUT2D eigenvalue weighted by atomic mass is 10.1. The quantitative estimate of drug-likeness (QED) is 0.789. The van der Waals surface area contributed by atoms with E-state index in [4.69, 9.17) is 4.98 Å². The second kappa shape index (κ2) is 5.10. The summed E-state index contributed by atoms with van der Waals surface area (Å²) in [5, 5.41) is 9.33. The van der Waals surface area contributed by atoms with E-state index in [9.17, 15) is 5.11 Å². The van der Waals surface area contributed by atoms with E-state index in [1.54, 1.807) is 0 Å². The Labute approximate surface area is 118 Å². The Morgan fingerprint density at radius 1 is 1.10 bits per heavy atom. The second-order valence-electron chi connectivity index (χ2n) is 5.12. The molecule has 0 radical (unpaired) electrons. The van der Waals surface area contributed by atoms with Gasteiger partial charge < -0.3 is 9.67 Å². The third-order valence-corrected chi connectivity index (χ3v) is 3.60. The zero-order valence-corrected chi connectivity index (χ0v) is 11.8. The summed E-state index contributed by atoms with van der Waals surface area (Å²) in [6, 6.07) is 14.4. The highest BCUT2D eigenvalue weighted by Gasteiger charge is 2.13. The Balaban J connectivity index is 2.26. The van der Waals surface area contributed by atoms with Crippen LogP contribution >= 0.6 is 0 Å². The molecule has 20 heavy (non-hydrogen) atoms. The molecule has 2 aromatic carbocycles. The van der Waals surface area contributed by atoms with Crippen LogP contribution in [0.15, 0.2) is 42.5 Å². The number of aliphatic hydroxyl groups excluding tert-OH is 1. The van der Waals surface area contributed by atoms with E-state index in [1.807, 2.05) is 24.3 Å². The van der Waals surface area contributed by atoms with Crippen molar-refractivity contribution in [3.63, 3.8) is 0 Å². The summed E-state index contributed by atoms with van der Waals surface area (Å²) in [6.45, 7) is 4.86. The molecular formula is C17H18N2O. The van der Waals surface area contributed by atoms with Crippen LogP contribution in [0.5, 0.6) is 0 Å². The van der Waals surface area contributed by atoms with Crippen molar-refractivity contribution in [2.75, 3.05) is 6.61 Å². The summed E-state index contributed by atoms with van der Waals surface area (Å²) in [5.74, 6) is 0.928. The molecule has 3 heteroatoms. The highest BCUT2D eigenvalue weighted by Crippen LogP contribution is 2.27. The van der Waals surface area contributed by atoms with Crippen LogP contribution in [-0.4, -0.2) is 21.3 Å². The van der Waals surface area contributed by atoms with E-state index in [-0.39, 0.29) is 6.61 Å². The molecule has 0 spiro atoms. The predicted molar refractivity (Wildman–Crippen MR) is 81.7 cm³/mol. The summed E-state index contributed by atoms with van der Waals surface area (Å²) in [4.78, 5) is 4.74. The zero-order valence-electron chi connectivity index (χ0n) is 11.8. The van der Waals surface area contributed by atoms with Gasteiger partial charge in [-0.2, -0.15) is 0 Å². The van der Waals surface area contributed by atoms with Gasteiger partial charge in [-0.15, -0.1) is 0 Å². The fourth-order valence-electron chi connectivity index (χ4n) is 2.67. The number of imidazole rings is 1. The number of benzene rings is 2. The molecule has 3 nitrogen and oxygen atoms in total. The first-order valence-corrected chi connectivity index (χ1v) is 6.84. The number of aromatic nitrogens is 2. The minimum absolute atomic E-state index is 0.109. The van der Waals surface area contributed by atoms with Crippen LogP contribution in [0.25, 0.3) is 22.4 Å². The van der Waals surface area contributed by atoms with Crippen molar-refractivity contribution in [2.24, 2.45) is 0 Å². The van der Waals surface area contributed by atoms with Crippen LogP contribution < -0.4 is 0 Å². The number of aryl methyl sites for hydroxylation is 2. The first kappa shape index (κ1) is 12.9. The molecule has 1 heterocycles. The standard InChI is InChI=1S/C17H18N2O/c1-12-7-8-14(13(2)11-12)17-18-15-5-3-4-6-16(15)19(17)9-10-20/h3-8,11,20H,9-10H2,1-2H3. The number of fused-ring (bicyclic) bond motifs is 1. The Morgan fingerprint density at radius 2 is 1.90 bits per heavy atom. The highest BCUT2D eigenvalue weighted by molar-refractivity contribution is 5.81. The summed E-state index contributed by atoms with van der Waals surface area (Å²) in [5.41, 5.74) is 5.61. The lowest BCUT2D eigenvalue weighted by Crippen LogP contribution is -2.04. The maximum Gasteiger partial charge on any atom is 0.141 e. The first-order valence-electron chi connectivity index (χ1n) is 6.84. The molecule has 0 aliphatic heterocycles. The maximum atomic E-state index is 9.33. The number of para-hydroxylation sites is 2. The molecule has 1 aromatic heterocycles. The van der Waals surface area contributed by atoms with Gasteiger partial charge in [0.15, 0.2) is 0 Å². The molecule has 102 valence electrons. The normalized spacial score (nSPS) is 11.2. The SMILES string of the molecule is Cc1ccc(-c2nc3ccccc3n2CCO)c(C)c1. The summed E-state index contributed by atoms with van der Waals surface area (Å²) < 4.78 is 2.09. The van der Waals surface area contributed by atoms with Crippen LogP contribution in [0.3, 0.4) is 0 Å². The lowest BCUT2D eigenvalue weighted by molar-refractivity contribution is 0.278. The zero-order chi connectivity index (χ0) is 14.1. The smallest absolute Gasteiger partial charge is 0.141 e. The average molecular weight is 266 g/mol. The summed E-state index contributed by atoms with van der Waals surface area (Å²) in [6.07, 6.45) is 0. The van der Waals surface area contributed by atoms with E-state index in [0.717, 1.165) is 22.4 Å². The van der Waals surface area contributed by atoms with Crippen molar-refractivity contribution in [3.05, 3.63) is 53.6 Å². The monoisotopic (exact) mass is 266 g/mol. The van der Waals surface area contributed by atoms with Gasteiger partial charge in [-0.3, -0.25) is 0 Å². The summed E-state index contributed by atoms with van der Waals surface area (Å²) >= 11 is 0. The molecule has 0 saturated heterocycles. The molecule has 0 aliphatic carbocycles. The molecule has 0 saturated carbocycles. The van der Waals surface area contributed by atoms with Gasteiger partial charge in [0.05, 0.1) is 17.6 Å². The van der Waals surface area contributed by atoms with Crippen LogP contribution in [0.1, 0.15) is 11.1 Å². The van der Waals surface area contributed by atoms with Crippen LogP contribution in [0.2, 0.25) is 0 Å². The first-order chi connectivity index (χ1) is 9.70. The van der Waals surface area contributed by atoms with E-state index in [1.165, 1.54) is 11.1 Å². The number of rotatable bonds is 3. The number of nitrogens with zero attached hydrogens (tertiary/aromatic N) is 2. The minimum Gasteiger partial charge on any atom is -0.395 e. The predicted octanol–water partition coefficient (Wildman–Crippen LogP) is 3.31. The van der Waals surface area contributed by atoms with Gasteiger partial charge in [0.1, 0.15) is 5.82 Å². The van der Waals surface area contributed by atoms with E-state index < -0.39 is 0 Å². The fraction of sp³-hybridized carbons (Fsp3) is 0.235. The number of aliphatic hydroxyl groups is 1. The molecule has 0 bridgehead atoms. The highest BCUT2D eigenvalue weighted by atomic mass is 16.3. The van der Waals surface area contributed by atoms with Crippen LogP contribution in [0.4, 0.5) is 0 Å². The largest absolute Gasteiger partial charge is 0.395 e. The molecule has 0 fully saturated rings. The molecule has 1 N–H and O–H groups in total. The van der Waals surface area contributed by atoms with Gasteiger partial charge in [0.2, 0.25) is 0 Å². The Bertz CT molecular complexity index is 759. The number of hydrogen-bond donors (Lipinski definition) is 1. The average Bonchev–Trinajstić information content (AvgIpc) is 2.78. The molecule has 3 aromatic rings. The van der Waals surface area contributed by atoms with Crippen molar-refractivity contribution >= 4 is 11.0 Å². The molecule has 0 atom stereocenters. The topological polar surface area (TPSA) is 38.0 Å². The van der Waals surface area contributed by atoms with Gasteiger partial charge in [-0.25, -0.2) is 4.98 Å². The third-order valence-electron chi connectivity index (χ3n) is 3.60. The molecule has 0 aliphatic rings. The van der Waals surface area contributed by atoms with Gasteiger partial charge in [0, 0.05) is 12.1 Å². The van der Waals surface area contributed by atoms with Crippen molar-refractivity contribution in [3.8, 4) is 11.4 Å². The Morgan fingerprint density at radius 3 is 2.65 bits per heavy atom.